The van der Waals surface area contributed by atoms with Crippen LogP contribution in [0.15, 0.2) is 36.8 Å². The van der Waals surface area contributed by atoms with Crippen molar-refractivity contribution in [2.45, 2.75) is 26.2 Å². The van der Waals surface area contributed by atoms with Crippen LogP contribution in [-0.4, -0.2) is 42.2 Å². The monoisotopic (exact) mass is 393 g/mol. The highest BCUT2D eigenvalue weighted by Crippen LogP contribution is 2.40. The van der Waals surface area contributed by atoms with E-state index in [1.54, 1.807) is 28.5 Å². The van der Waals surface area contributed by atoms with Crippen LogP contribution in [-0.2, 0) is 4.79 Å². The Morgan fingerprint density at radius 1 is 1.14 bits per heavy atom. The van der Waals surface area contributed by atoms with E-state index in [2.05, 4.69) is 25.5 Å². The van der Waals surface area contributed by atoms with E-state index in [9.17, 15) is 4.79 Å². The number of carbonyl (C=O) groups is 1. The van der Waals surface area contributed by atoms with Crippen molar-refractivity contribution in [1.29, 1.82) is 0 Å². The molecule has 0 atom stereocenters. The number of hydrogen-bond donors (Lipinski definition) is 3. The summed E-state index contributed by atoms with van der Waals surface area (Å²) in [5.41, 5.74) is 14.6. The Morgan fingerprint density at radius 3 is 2.55 bits per heavy atom. The predicted molar refractivity (Wildman–Crippen MR) is 110 cm³/mol. The average molecular weight is 393 g/mol. The quantitative estimate of drug-likeness (QED) is 0.469. The smallest absolute Gasteiger partial charge is 0.240 e. The van der Waals surface area contributed by atoms with Crippen LogP contribution in [0.2, 0.25) is 0 Å². The van der Waals surface area contributed by atoms with E-state index in [0.717, 1.165) is 29.7 Å². The highest BCUT2D eigenvalue weighted by atomic mass is 16.2. The minimum absolute atomic E-state index is 0.0191. The maximum atomic E-state index is 11.0. The molecule has 0 bridgehead atoms. The maximum absolute atomic E-state index is 11.0. The molecule has 1 aliphatic carbocycles. The summed E-state index contributed by atoms with van der Waals surface area (Å²) in [6, 6.07) is 5.58. The van der Waals surface area contributed by atoms with Crippen molar-refractivity contribution in [1.82, 2.24) is 34.5 Å². The zero-order valence-corrected chi connectivity index (χ0v) is 16.3. The number of aromatic nitrogens is 6. The third-order valence-electron chi connectivity index (χ3n) is 5.32. The number of hydrogen-bond acceptors (Lipinski definition) is 7. The first-order chi connectivity index (χ1) is 13.9. The number of amides is 1. The van der Waals surface area contributed by atoms with Crippen molar-refractivity contribution < 1.29 is 4.79 Å². The van der Waals surface area contributed by atoms with E-state index < -0.39 is 0 Å². The lowest BCUT2D eigenvalue weighted by atomic mass is 9.70. The van der Waals surface area contributed by atoms with Gasteiger partial charge in [0.25, 0.3) is 0 Å². The molecule has 1 fully saturated rings. The van der Waals surface area contributed by atoms with Gasteiger partial charge in [-0.25, -0.2) is 14.0 Å². The van der Waals surface area contributed by atoms with E-state index >= 15 is 0 Å². The molecule has 0 radical (unpaired) electrons. The molecule has 10 heteroatoms. The number of rotatable bonds is 2. The molecular formula is C19H23N9O. The molecular weight excluding hydrogens is 370 g/mol. The second-order valence-corrected chi connectivity index (χ2v) is 7.32. The number of nitrogens with zero attached hydrogens (tertiary/aromatic N) is 6. The number of fused-ring (bicyclic) bond motifs is 2. The van der Waals surface area contributed by atoms with Crippen molar-refractivity contribution in [3.63, 3.8) is 0 Å². The first-order valence-corrected chi connectivity index (χ1v) is 9.34. The van der Waals surface area contributed by atoms with Crippen LogP contribution >= 0.6 is 0 Å². The molecule has 4 aromatic heterocycles. The van der Waals surface area contributed by atoms with Gasteiger partial charge in [0.05, 0.1) is 11.9 Å². The van der Waals surface area contributed by atoms with Crippen molar-refractivity contribution in [3.05, 3.63) is 36.8 Å². The van der Waals surface area contributed by atoms with Crippen molar-refractivity contribution in [2.24, 2.45) is 5.41 Å². The van der Waals surface area contributed by atoms with Gasteiger partial charge < -0.3 is 16.8 Å². The summed E-state index contributed by atoms with van der Waals surface area (Å²) >= 11 is 0. The minimum Gasteiger partial charge on any atom is -0.382 e. The molecule has 0 saturated heterocycles. The lowest BCUT2D eigenvalue weighted by Gasteiger charge is -2.35. The summed E-state index contributed by atoms with van der Waals surface area (Å²) in [7, 11) is 1.70. The van der Waals surface area contributed by atoms with Gasteiger partial charge in [-0.1, -0.05) is 13.3 Å². The van der Waals surface area contributed by atoms with Crippen LogP contribution in [0.4, 0.5) is 11.8 Å². The normalized spacial score (nSPS) is 14.8. The topological polar surface area (TPSA) is 142 Å². The summed E-state index contributed by atoms with van der Waals surface area (Å²) in [6.07, 6.45) is 8.66. The fourth-order valence-corrected chi connectivity index (χ4v) is 3.48. The van der Waals surface area contributed by atoms with E-state index in [0.29, 0.717) is 11.3 Å². The molecule has 5 N–H and O–H groups in total. The van der Waals surface area contributed by atoms with Gasteiger partial charge in [-0.15, -0.1) is 5.10 Å². The molecule has 0 unspecified atom stereocenters. The summed E-state index contributed by atoms with van der Waals surface area (Å²) in [5.74, 6) is 0.665. The number of nitrogen functional groups attached to an aromatic ring is 2. The Hall–Kier alpha value is -3.69. The lowest BCUT2D eigenvalue weighted by Crippen LogP contribution is -2.41. The highest BCUT2D eigenvalue weighted by molar-refractivity contribution is 5.86. The van der Waals surface area contributed by atoms with E-state index in [1.165, 1.54) is 6.42 Å². The van der Waals surface area contributed by atoms with Crippen molar-refractivity contribution in [3.8, 4) is 11.3 Å². The summed E-state index contributed by atoms with van der Waals surface area (Å²) < 4.78 is 3.30. The van der Waals surface area contributed by atoms with Gasteiger partial charge in [0.15, 0.2) is 11.5 Å². The first kappa shape index (κ1) is 18.7. The highest BCUT2D eigenvalue weighted by Gasteiger charge is 2.38. The van der Waals surface area contributed by atoms with Crippen LogP contribution in [0.5, 0.6) is 0 Å². The number of nitrogens with two attached hydrogens (primary N) is 2. The van der Waals surface area contributed by atoms with Gasteiger partial charge in [-0.2, -0.15) is 10.1 Å². The van der Waals surface area contributed by atoms with Crippen LogP contribution in [0, 0.1) is 5.41 Å². The second kappa shape index (κ2) is 7.04. The fourth-order valence-electron chi connectivity index (χ4n) is 3.48. The zero-order chi connectivity index (χ0) is 20.6. The Bertz CT molecular complexity index is 1190. The van der Waals surface area contributed by atoms with Crippen LogP contribution in [0.1, 0.15) is 26.2 Å². The van der Waals surface area contributed by atoms with Crippen LogP contribution in [0.25, 0.3) is 22.4 Å². The predicted octanol–water partition coefficient (Wildman–Crippen LogP) is 1.53. The first-order valence-electron chi connectivity index (χ1n) is 9.34. The summed E-state index contributed by atoms with van der Waals surface area (Å²) in [5, 5.41) is 10.9. The average Bonchev–Trinajstić information content (AvgIpc) is 3.32. The molecule has 0 aliphatic heterocycles. The molecule has 4 heterocycles. The lowest BCUT2D eigenvalue weighted by molar-refractivity contribution is -0.133. The van der Waals surface area contributed by atoms with Gasteiger partial charge in [-0.3, -0.25) is 4.79 Å². The van der Waals surface area contributed by atoms with Gasteiger partial charge in [0, 0.05) is 36.5 Å². The third-order valence-corrected chi connectivity index (χ3v) is 5.32. The van der Waals surface area contributed by atoms with E-state index in [4.69, 9.17) is 11.5 Å². The fraction of sp³-hybridized carbons (Fsp3) is 0.316. The molecule has 0 spiro atoms. The standard InChI is InChI=1S/C12H10N8.C7H13NO/c13-11-10-7(2-5-20(10)18-12(14)17-11)8-3-6-19-9(16-8)1-4-15-19;1-7(4-3-5-7)6(9)8-2/h1-6H,(H4,13,14,17,18);3-5H2,1-2H3,(H,8,9). The molecule has 10 nitrogen and oxygen atoms in total. The second-order valence-electron chi connectivity index (χ2n) is 7.32. The van der Waals surface area contributed by atoms with Gasteiger partial charge in [0.2, 0.25) is 11.9 Å². The SMILES string of the molecule is CNC(=O)C1(C)CCC1.Nc1nc(N)c2c(-c3ccn4nccc4n3)ccn2n1. The Morgan fingerprint density at radius 2 is 1.90 bits per heavy atom. The Balaban J connectivity index is 0.000000192. The number of nitrogens with one attached hydrogen (secondary N) is 1. The molecule has 1 aliphatic rings. The molecule has 29 heavy (non-hydrogen) atoms. The maximum Gasteiger partial charge on any atom is 0.240 e. The van der Waals surface area contributed by atoms with E-state index in [1.807, 2.05) is 31.3 Å². The molecule has 5 rings (SSSR count). The van der Waals surface area contributed by atoms with Crippen molar-refractivity contribution >= 4 is 28.8 Å². The minimum atomic E-state index is -0.0191. The van der Waals surface area contributed by atoms with Crippen molar-refractivity contribution in [2.75, 3.05) is 18.5 Å². The molecule has 1 amide bonds. The molecule has 150 valence electrons. The Labute approximate surface area is 166 Å². The number of anilines is 2. The Kier molecular flexibility index (Phi) is 4.53. The van der Waals surface area contributed by atoms with Crippen LogP contribution < -0.4 is 16.8 Å². The molecule has 0 aromatic carbocycles. The molecule has 4 aromatic rings. The largest absolute Gasteiger partial charge is 0.382 e. The molecule has 1 saturated carbocycles. The summed E-state index contributed by atoms with van der Waals surface area (Å²) in [6.45, 7) is 2.02. The van der Waals surface area contributed by atoms with E-state index in [-0.39, 0.29) is 17.3 Å². The van der Waals surface area contributed by atoms with Crippen LogP contribution in [0.3, 0.4) is 0 Å². The van der Waals surface area contributed by atoms with Gasteiger partial charge in [-0.05, 0) is 25.0 Å². The van der Waals surface area contributed by atoms with Gasteiger partial charge in [0.1, 0.15) is 5.52 Å². The number of carbonyl (C=O) groups excluding carboxylic acids is 1. The van der Waals surface area contributed by atoms with Gasteiger partial charge >= 0.3 is 0 Å². The third kappa shape index (κ3) is 3.33. The zero-order valence-electron chi connectivity index (χ0n) is 16.3. The summed E-state index contributed by atoms with van der Waals surface area (Å²) in [4.78, 5) is 19.5.